The zero-order valence-electron chi connectivity index (χ0n) is 13.1. The van der Waals surface area contributed by atoms with Crippen LogP contribution in [0.2, 0.25) is 0 Å². The summed E-state index contributed by atoms with van der Waals surface area (Å²) in [6.45, 7) is 0.601. The molecule has 2 aromatic heterocycles. The van der Waals surface area contributed by atoms with E-state index in [1.54, 1.807) is 10.9 Å². The summed E-state index contributed by atoms with van der Waals surface area (Å²) >= 11 is 0. The molecule has 1 aliphatic rings. The molecular weight excluding hydrogens is 322 g/mol. The van der Waals surface area contributed by atoms with Gasteiger partial charge in [-0.05, 0) is 17.2 Å². The van der Waals surface area contributed by atoms with E-state index >= 15 is 0 Å². The molecule has 1 amide bonds. The number of hydrogen-bond acceptors (Lipinski definition) is 4. The molecule has 4 rings (SSSR count). The van der Waals surface area contributed by atoms with Crippen molar-refractivity contribution in [2.24, 2.45) is 0 Å². The van der Waals surface area contributed by atoms with Gasteiger partial charge in [0.15, 0.2) is 5.82 Å². The fourth-order valence-corrected chi connectivity index (χ4v) is 3.19. The van der Waals surface area contributed by atoms with Crippen LogP contribution in [-0.4, -0.2) is 37.0 Å². The summed E-state index contributed by atoms with van der Waals surface area (Å²) in [5.74, 6) is -1.34. The molecule has 8 heteroatoms. The van der Waals surface area contributed by atoms with Crippen LogP contribution in [0.3, 0.4) is 0 Å². The lowest BCUT2D eigenvalue weighted by molar-refractivity contribution is -0.116. The summed E-state index contributed by atoms with van der Waals surface area (Å²) in [5.41, 5.74) is 2.43. The first-order chi connectivity index (χ1) is 12.1. The van der Waals surface area contributed by atoms with Gasteiger partial charge in [0.05, 0.1) is 6.54 Å². The molecule has 126 valence electrons. The third kappa shape index (κ3) is 2.78. The zero-order chi connectivity index (χ0) is 17.4. The molecular formula is C17H15N5O3. The van der Waals surface area contributed by atoms with Crippen LogP contribution in [0.1, 0.15) is 39.5 Å². The lowest BCUT2D eigenvalue weighted by Crippen LogP contribution is -2.24. The predicted octanol–water partition coefficient (Wildman–Crippen LogP) is 1.83. The van der Waals surface area contributed by atoms with E-state index in [1.165, 1.54) is 0 Å². The number of amides is 1. The van der Waals surface area contributed by atoms with Crippen molar-refractivity contribution in [3.63, 3.8) is 0 Å². The highest BCUT2D eigenvalue weighted by molar-refractivity contribution is 5.98. The van der Waals surface area contributed by atoms with Gasteiger partial charge in [-0.2, -0.15) is 10.2 Å². The van der Waals surface area contributed by atoms with Crippen molar-refractivity contribution in [2.75, 3.05) is 5.32 Å². The van der Waals surface area contributed by atoms with Crippen LogP contribution in [0.15, 0.2) is 42.7 Å². The Balaban J connectivity index is 1.74. The molecule has 0 fully saturated rings. The summed E-state index contributed by atoms with van der Waals surface area (Å²) in [6, 6.07) is 9.61. The largest absolute Gasteiger partial charge is 0.477 e. The average molecular weight is 337 g/mol. The maximum Gasteiger partial charge on any atom is 0.354 e. The molecule has 8 nitrogen and oxygen atoms in total. The number of nitrogens with zero attached hydrogens (tertiary/aromatic N) is 3. The summed E-state index contributed by atoms with van der Waals surface area (Å²) < 4.78 is 1.80. The first kappa shape index (κ1) is 15.1. The minimum Gasteiger partial charge on any atom is -0.477 e. The Morgan fingerprint density at radius 3 is 3.00 bits per heavy atom. The second-order valence-corrected chi connectivity index (χ2v) is 5.92. The van der Waals surface area contributed by atoms with Gasteiger partial charge in [-0.25, -0.2) is 4.79 Å². The summed E-state index contributed by atoms with van der Waals surface area (Å²) in [4.78, 5) is 23.5. The molecule has 0 aliphatic carbocycles. The van der Waals surface area contributed by atoms with E-state index in [-0.39, 0.29) is 29.8 Å². The van der Waals surface area contributed by atoms with E-state index in [4.69, 9.17) is 0 Å². The number of carboxylic acid groups (broad SMARTS) is 1. The van der Waals surface area contributed by atoms with Gasteiger partial charge in [-0.1, -0.05) is 24.3 Å². The van der Waals surface area contributed by atoms with Crippen molar-refractivity contribution in [2.45, 2.75) is 18.9 Å². The number of hydrogen-bond donors (Lipinski definition) is 3. The average Bonchev–Trinajstić information content (AvgIpc) is 3.23. The summed E-state index contributed by atoms with van der Waals surface area (Å²) in [5, 5.41) is 22.7. The normalized spacial score (nSPS) is 16.3. The molecule has 0 saturated carbocycles. The van der Waals surface area contributed by atoms with Gasteiger partial charge in [0.25, 0.3) is 0 Å². The number of carbonyl (C=O) groups excluding carboxylic acids is 1. The van der Waals surface area contributed by atoms with Crippen molar-refractivity contribution in [1.82, 2.24) is 20.0 Å². The smallest absolute Gasteiger partial charge is 0.354 e. The molecule has 3 aromatic rings. The molecule has 0 unspecified atom stereocenters. The Kier molecular flexibility index (Phi) is 3.57. The quantitative estimate of drug-likeness (QED) is 0.672. The van der Waals surface area contributed by atoms with Crippen LogP contribution in [0.25, 0.3) is 0 Å². The van der Waals surface area contributed by atoms with Crippen molar-refractivity contribution in [1.29, 1.82) is 0 Å². The third-order valence-electron chi connectivity index (χ3n) is 4.27. The summed E-state index contributed by atoms with van der Waals surface area (Å²) in [6.07, 6.45) is 3.77. The first-order valence-corrected chi connectivity index (χ1v) is 7.79. The molecule has 0 spiro atoms. The van der Waals surface area contributed by atoms with Crippen molar-refractivity contribution >= 4 is 17.7 Å². The Hall–Kier alpha value is -3.42. The molecule has 1 aliphatic heterocycles. The van der Waals surface area contributed by atoms with Gasteiger partial charge in [0.1, 0.15) is 5.69 Å². The SMILES string of the molecule is O=C1C[C@@H](c2cccc(Cn3cccn3)c2)c2c(n[nH]c2C(=O)O)N1. The van der Waals surface area contributed by atoms with Crippen LogP contribution < -0.4 is 5.32 Å². The first-order valence-electron chi connectivity index (χ1n) is 7.79. The molecule has 0 saturated heterocycles. The maximum absolute atomic E-state index is 12.0. The van der Waals surface area contributed by atoms with Crippen molar-refractivity contribution in [3.05, 3.63) is 65.1 Å². The Morgan fingerprint density at radius 2 is 2.24 bits per heavy atom. The Labute approximate surface area is 142 Å². The van der Waals surface area contributed by atoms with Gasteiger partial charge >= 0.3 is 5.97 Å². The maximum atomic E-state index is 12.0. The third-order valence-corrected chi connectivity index (χ3v) is 4.27. The van der Waals surface area contributed by atoms with E-state index in [2.05, 4.69) is 20.6 Å². The highest BCUT2D eigenvalue weighted by atomic mass is 16.4. The molecule has 3 N–H and O–H groups in total. The minimum absolute atomic E-state index is 0.0116. The van der Waals surface area contributed by atoms with Gasteiger partial charge < -0.3 is 10.4 Å². The molecule has 0 radical (unpaired) electrons. The number of fused-ring (bicyclic) bond motifs is 1. The van der Waals surface area contributed by atoms with Crippen LogP contribution >= 0.6 is 0 Å². The van der Waals surface area contributed by atoms with Crippen molar-refractivity contribution in [3.8, 4) is 0 Å². The number of carbonyl (C=O) groups is 2. The van der Waals surface area contributed by atoms with Gasteiger partial charge in [0.2, 0.25) is 5.91 Å². The van der Waals surface area contributed by atoms with Gasteiger partial charge in [-0.3, -0.25) is 14.6 Å². The lowest BCUT2D eigenvalue weighted by Gasteiger charge is -2.23. The molecule has 1 atom stereocenters. The molecule has 1 aromatic carbocycles. The van der Waals surface area contributed by atoms with Crippen LogP contribution in [0.4, 0.5) is 5.82 Å². The second-order valence-electron chi connectivity index (χ2n) is 5.92. The van der Waals surface area contributed by atoms with Crippen LogP contribution in [0.5, 0.6) is 0 Å². The number of benzene rings is 1. The highest BCUT2D eigenvalue weighted by Gasteiger charge is 2.33. The standard InChI is InChI=1S/C17H15N5O3/c23-13-8-12(14-15(17(24)25)20-21-16(14)19-13)11-4-1-3-10(7-11)9-22-6-2-5-18-22/h1-7,12H,8-9H2,(H,24,25)(H2,19,20,21,23)/t12-/m0/s1. The van der Waals surface area contributed by atoms with Crippen molar-refractivity contribution < 1.29 is 14.7 Å². The number of aromatic carboxylic acids is 1. The number of H-pyrrole nitrogens is 1. The molecule has 0 bridgehead atoms. The van der Waals surface area contributed by atoms with Crippen LogP contribution in [-0.2, 0) is 11.3 Å². The second kappa shape index (κ2) is 5.90. The Morgan fingerprint density at radius 1 is 1.36 bits per heavy atom. The van der Waals surface area contributed by atoms with Gasteiger partial charge in [0, 0.05) is 30.3 Å². The van der Waals surface area contributed by atoms with E-state index < -0.39 is 5.97 Å². The minimum atomic E-state index is -1.09. The highest BCUT2D eigenvalue weighted by Crippen LogP contribution is 2.38. The summed E-state index contributed by atoms with van der Waals surface area (Å²) in [7, 11) is 0. The number of aromatic nitrogens is 4. The lowest BCUT2D eigenvalue weighted by atomic mass is 9.85. The number of carboxylic acids is 1. The number of aromatic amines is 1. The van der Waals surface area contributed by atoms with E-state index in [1.807, 2.05) is 36.5 Å². The van der Waals surface area contributed by atoms with E-state index in [9.17, 15) is 14.7 Å². The number of anilines is 1. The molecule has 3 heterocycles. The zero-order valence-corrected chi connectivity index (χ0v) is 13.1. The fraction of sp³-hybridized carbons (Fsp3) is 0.176. The number of nitrogens with one attached hydrogen (secondary N) is 2. The molecule has 25 heavy (non-hydrogen) atoms. The monoisotopic (exact) mass is 337 g/mol. The predicted molar refractivity (Wildman–Crippen MR) is 88.4 cm³/mol. The number of rotatable bonds is 4. The topological polar surface area (TPSA) is 113 Å². The van der Waals surface area contributed by atoms with Gasteiger partial charge in [-0.15, -0.1) is 0 Å². The van der Waals surface area contributed by atoms with Crippen LogP contribution in [0, 0.1) is 0 Å². The fourth-order valence-electron chi connectivity index (χ4n) is 3.19. The van der Waals surface area contributed by atoms with E-state index in [0.29, 0.717) is 12.1 Å². The van der Waals surface area contributed by atoms with E-state index in [0.717, 1.165) is 11.1 Å². The Bertz CT molecular complexity index is 945.